The van der Waals surface area contributed by atoms with Gasteiger partial charge >= 0.3 is 11.9 Å². The highest BCUT2D eigenvalue weighted by atomic mass is 16.6. The Hall–Kier alpha value is -1.32. The largest absolute Gasteiger partial charge is 0.465 e. The molecule has 2 saturated heterocycles. The third kappa shape index (κ3) is 1.58. The van der Waals surface area contributed by atoms with Gasteiger partial charge in [-0.3, -0.25) is 9.59 Å². The van der Waals surface area contributed by atoms with Gasteiger partial charge < -0.3 is 9.47 Å². The van der Waals surface area contributed by atoms with E-state index in [9.17, 15) is 9.59 Å². The standard InChI is InChI=1S/C15H20O4/c1-4-15-6-5-10-8(2)14(17)19-12(10)11(15)9(3)13(16)18-7-15/h4,8-12H,1,5-7H2,2-3H3/t8-,9-,10?,11+,12-,15+/m0/s1. The van der Waals surface area contributed by atoms with Crippen LogP contribution in [-0.2, 0) is 19.1 Å². The molecule has 0 spiro atoms. The maximum absolute atomic E-state index is 11.9. The van der Waals surface area contributed by atoms with Crippen LogP contribution in [0.4, 0.5) is 0 Å². The van der Waals surface area contributed by atoms with E-state index in [1.54, 1.807) is 0 Å². The molecule has 0 N–H and O–H groups in total. The predicted octanol–water partition coefficient (Wildman–Crippen LogP) is 1.94. The van der Waals surface area contributed by atoms with E-state index in [-0.39, 0.29) is 47.1 Å². The lowest BCUT2D eigenvalue weighted by atomic mass is 9.56. The molecule has 0 aromatic rings. The Labute approximate surface area is 113 Å². The molecule has 0 radical (unpaired) electrons. The number of carbonyl (C=O) groups is 2. The second-order valence-corrected chi connectivity index (χ2v) is 6.25. The fourth-order valence-electron chi connectivity index (χ4n) is 4.20. The molecular formula is C15H20O4. The monoisotopic (exact) mass is 264 g/mol. The van der Waals surface area contributed by atoms with Crippen molar-refractivity contribution in [3.63, 3.8) is 0 Å². The smallest absolute Gasteiger partial charge is 0.309 e. The van der Waals surface area contributed by atoms with Gasteiger partial charge in [-0.1, -0.05) is 19.9 Å². The van der Waals surface area contributed by atoms with E-state index in [0.717, 1.165) is 12.8 Å². The number of hydrogen-bond donors (Lipinski definition) is 0. The summed E-state index contributed by atoms with van der Waals surface area (Å²) in [4.78, 5) is 23.7. The third-order valence-corrected chi connectivity index (χ3v) is 5.45. The highest BCUT2D eigenvalue weighted by molar-refractivity contribution is 5.76. The topological polar surface area (TPSA) is 52.6 Å². The molecule has 2 heterocycles. The van der Waals surface area contributed by atoms with Crippen LogP contribution in [0.2, 0.25) is 0 Å². The summed E-state index contributed by atoms with van der Waals surface area (Å²) >= 11 is 0. The number of esters is 2. The fraction of sp³-hybridized carbons (Fsp3) is 0.733. The van der Waals surface area contributed by atoms with Gasteiger partial charge in [0.25, 0.3) is 0 Å². The molecule has 2 aliphatic heterocycles. The molecule has 0 aromatic heterocycles. The molecule has 3 rings (SSSR count). The van der Waals surface area contributed by atoms with Crippen molar-refractivity contribution in [1.82, 2.24) is 0 Å². The summed E-state index contributed by atoms with van der Waals surface area (Å²) < 4.78 is 10.9. The molecule has 3 aliphatic rings. The van der Waals surface area contributed by atoms with Crippen LogP contribution in [0.5, 0.6) is 0 Å². The number of ether oxygens (including phenoxy) is 2. The summed E-state index contributed by atoms with van der Waals surface area (Å²) in [6, 6.07) is 0. The summed E-state index contributed by atoms with van der Waals surface area (Å²) in [6.45, 7) is 8.12. The van der Waals surface area contributed by atoms with Crippen LogP contribution < -0.4 is 0 Å². The van der Waals surface area contributed by atoms with E-state index < -0.39 is 0 Å². The van der Waals surface area contributed by atoms with Crippen LogP contribution in [0.1, 0.15) is 26.7 Å². The van der Waals surface area contributed by atoms with Gasteiger partial charge in [-0.05, 0) is 12.8 Å². The first kappa shape index (κ1) is 12.7. The number of cyclic esters (lactones) is 1. The Bertz CT molecular complexity index is 443. The first-order chi connectivity index (χ1) is 9.00. The summed E-state index contributed by atoms with van der Waals surface area (Å²) in [5.41, 5.74) is -0.223. The number of carbonyl (C=O) groups excluding carboxylic acids is 2. The highest BCUT2D eigenvalue weighted by Crippen LogP contribution is 2.55. The van der Waals surface area contributed by atoms with Gasteiger partial charge in [-0.15, -0.1) is 6.58 Å². The summed E-state index contributed by atoms with van der Waals surface area (Å²) in [5.74, 6) is -0.354. The molecule has 1 aliphatic carbocycles. The Morgan fingerprint density at radius 2 is 2.00 bits per heavy atom. The van der Waals surface area contributed by atoms with Crippen molar-refractivity contribution in [2.45, 2.75) is 32.8 Å². The van der Waals surface area contributed by atoms with Crippen molar-refractivity contribution < 1.29 is 19.1 Å². The first-order valence-electron chi connectivity index (χ1n) is 7.01. The molecule has 19 heavy (non-hydrogen) atoms. The van der Waals surface area contributed by atoms with Crippen molar-refractivity contribution in [3.8, 4) is 0 Å². The van der Waals surface area contributed by atoms with Gasteiger partial charge in [0.2, 0.25) is 0 Å². The molecule has 104 valence electrons. The van der Waals surface area contributed by atoms with Gasteiger partial charge in [0.1, 0.15) is 12.7 Å². The molecule has 1 saturated carbocycles. The van der Waals surface area contributed by atoms with Crippen molar-refractivity contribution in [2.24, 2.45) is 29.1 Å². The second kappa shape index (κ2) is 4.09. The van der Waals surface area contributed by atoms with Crippen LogP contribution in [0.3, 0.4) is 0 Å². The number of rotatable bonds is 1. The zero-order chi connectivity index (χ0) is 13.8. The van der Waals surface area contributed by atoms with E-state index in [1.807, 2.05) is 19.9 Å². The molecule has 1 unspecified atom stereocenters. The molecule has 4 nitrogen and oxygen atoms in total. The fourth-order valence-corrected chi connectivity index (χ4v) is 4.20. The highest BCUT2D eigenvalue weighted by Gasteiger charge is 2.60. The Kier molecular flexibility index (Phi) is 2.73. The minimum atomic E-state index is -0.238. The molecule has 0 aromatic carbocycles. The normalized spacial score (nSPS) is 48.8. The molecular weight excluding hydrogens is 244 g/mol. The second-order valence-electron chi connectivity index (χ2n) is 6.25. The van der Waals surface area contributed by atoms with E-state index >= 15 is 0 Å². The Morgan fingerprint density at radius 3 is 2.68 bits per heavy atom. The summed E-state index contributed by atoms with van der Waals surface area (Å²) in [5, 5.41) is 0. The Balaban J connectivity index is 2.00. The van der Waals surface area contributed by atoms with Gasteiger partial charge in [-0.25, -0.2) is 0 Å². The van der Waals surface area contributed by atoms with Crippen LogP contribution in [0.15, 0.2) is 12.7 Å². The van der Waals surface area contributed by atoms with Crippen LogP contribution in [0, 0.1) is 29.1 Å². The van der Waals surface area contributed by atoms with E-state index in [0.29, 0.717) is 6.61 Å². The predicted molar refractivity (Wildman–Crippen MR) is 68.0 cm³/mol. The van der Waals surface area contributed by atoms with Gasteiger partial charge in [0.05, 0.1) is 11.8 Å². The van der Waals surface area contributed by atoms with Crippen LogP contribution in [0.25, 0.3) is 0 Å². The average Bonchev–Trinajstić information content (AvgIpc) is 2.69. The molecule has 3 fully saturated rings. The van der Waals surface area contributed by atoms with Gasteiger partial charge in [-0.2, -0.15) is 0 Å². The first-order valence-corrected chi connectivity index (χ1v) is 7.01. The van der Waals surface area contributed by atoms with E-state index in [4.69, 9.17) is 9.47 Å². The van der Waals surface area contributed by atoms with E-state index in [1.165, 1.54) is 0 Å². The zero-order valence-corrected chi connectivity index (χ0v) is 11.4. The average molecular weight is 264 g/mol. The molecule has 4 heteroatoms. The molecule has 0 bridgehead atoms. The van der Waals surface area contributed by atoms with Crippen molar-refractivity contribution in [1.29, 1.82) is 0 Å². The summed E-state index contributed by atoms with van der Waals surface area (Å²) in [6.07, 6.45) is 3.61. The Morgan fingerprint density at radius 1 is 1.26 bits per heavy atom. The van der Waals surface area contributed by atoms with E-state index in [2.05, 4.69) is 6.58 Å². The number of fused-ring (bicyclic) bond motifs is 3. The number of hydrogen-bond acceptors (Lipinski definition) is 4. The SMILES string of the molecule is C=C[C@]12CCC3[C@H](C)C(=O)O[C@@H]3[C@H]1[C@H](C)C(=O)OC2. The minimum absolute atomic E-state index is 0.0129. The lowest BCUT2D eigenvalue weighted by Crippen LogP contribution is -2.55. The van der Waals surface area contributed by atoms with Crippen molar-refractivity contribution >= 4 is 11.9 Å². The van der Waals surface area contributed by atoms with Crippen molar-refractivity contribution in [2.75, 3.05) is 6.61 Å². The summed E-state index contributed by atoms with van der Waals surface area (Å²) in [7, 11) is 0. The van der Waals surface area contributed by atoms with Crippen LogP contribution in [-0.4, -0.2) is 24.6 Å². The van der Waals surface area contributed by atoms with Crippen LogP contribution >= 0.6 is 0 Å². The maximum atomic E-state index is 11.9. The van der Waals surface area contributed by atoms with Gasteiger partial charge in [0.15, 0.2) is 0 Å². The lowest BCUT2D eigenvalue weighted by Gasteiger charge is -2.51. The third-order valence-electron chi connectivity index (χ3n) is 5.45. The van der Waals surface area contributed by atoms with Crippen molar-refractivity contribution in [3.05, 3.63) is 12.7 Å². The quantitative estimate of drug-likeness (QED) is 0.536. The molecule has 0 amide bonds. The minimum Gasteiger partial charge on any atom is -0.465 e. The van der Waals surface area contributed by atoms with Gasteiger partial charge in [0, 0.05) is 17.3 Å². The zero-order valence-electron chi connectivity index (χ0n) is 11.4. The molecule has 6 atom stereocenters. The lowest BCUT2D eigenvalue weighted by molar-refractivity contribution is -0.183. The maximum Gasteiger partial charge on any atom is 0.309 e.